The van der Waals surface area contributed by atoms with Gasteiger partial charge in [0.25, 0.3) is 0 Å². The molecule has 1 saturated carbocycles. The fourth-order valence-electron chi connectivity index (χ4n) is 2.70. The second-order valence-electron chi connectivity index (χ2n) is 5.62. The van der Waals surface area contributed by atoms with E-state index in [0.29, 0.717) is 12.8 Å². The lowest BCUT2D eigenvalue weighted by molar-refractivity contribution is -0.174. The van der Waals surface area contributed by atoms with Gasteiger partial charge in [-0.25, -0.2) is 0 Å². The van der Waals surface area contributed by atoms with Gasteiger partial charge in [0.15, 0.2) is 0 Å². The first-order valence-corrected chi connectivity index (χ1v) is 5.22. The van der Waals surface area contributed by atoms with E-state index in [4.69, 9.17) is 9.84 Å². The number of carboxylic acids is 1. The first kappa shape index (κ1) is 10.5. The third kappa shape index (κ3) is 1.27. The zero-order valence-electron chi connectivity index (χ0n) is 9.24. The smallest absolute Gasteiger partial charge is 0.310 e. The average molecular weight is 212 g/mol. The summed E-state index contributed by atoms with van der Waals surface area (Å²) in [6, 6.07) is 0. The lowest BCUT2D eigenvalue weighted by Crippen LogP contribution is -2.44. The number of ether oxygens (including phenoxy) is 1. The molecular formula is C11H16O4. The van der Waals surface area contributed by atoms with Crippen molar-refractivity contribution in [1.29, 1.82) is 0 Å². The molecule has 1 heterocycles. The van der Waals surface area contributed by atoms with Crippen molar-refractivity contribution in [3.63, 3.8) is 0 Å². The predicted molar refractivity (Wildman–Crippen MR) is 52.1 cm³/mol. The van der Waals surface area contributed by atoms with Crippen LogP contribution in [0.3, 0.4) is 0 Å². The number of fused-ring (bicyclic) bond motifs is 2. The van der Waals surface area contributed by atoms with Crippen LogP contribution in [0.15, 0.2) is 0 Å². The minimum Gasteiger partial charge on any atom is -0.481 e. The van der Waals surface area contributed by atoms with Crippen molar-refractivity contribution in [2.45, 2.75) is 39.2 Å². The Morgan fingerprint density at radius 1 is 1.47 bits per heavy atom. The quantitative estimate of drug-likeness (QED) is 0.668. The topological polar surface area (TPSA) is 63.6 Å². The Morgan fingerprint density at radius 2 is 2.07 bits per heavy atom. The molecule has 2 aliphatic rings. The Labute approximate surface area is 88.6 Å². The molecule has 15 heavy (non-hydrogen) atoms. The maximum Gasteiger partial charge on any atom is 0.310 e. The number of hydrogen-bond acceptors (Lipinski definition) is 3. The third-order valence-corrected chi connectivity index (χ3v) is 3.87. The second-order valence-corrected chi connectivity index (χ2v) is 5.62. The van der Waals surface area contributed by atoms with E-state index in [9.17, 15) is 9.59 Å². The van der Waals surface area contributed by atoms with Crippen molar-refractivity contribution in [3.05, 3.63) is 0 Å². The van der Waals surface area contributed by atoms with Crippen LogP contribution in [0.25, 0.3) is 0 Å². The first-order chi connectivity index (χ1) is 6.77. The van der Waals surface area contributed by atoms with Gasteiger partial charge in [0.1, 0.15) is 5.60 Å². The summed E-state index contributed by atoms with van der Waals surface area (Å²) in [7, 11) is 0. The molecule has 1 aliphatic carbocycles. The first-order valence-electron chi connectivity index (χ1n) is 5.22. The Balaban J connectivity index is 2.34. The third-order valence-electron chi connectivity index (χ3n) is 3.87. The summed E-state index contributed by atoms with van der Waals surface area (Å²) in [5.41, 5.74) is -0.751. The Morgan fingerprint density at radius 3 is 2.40 bits per heavy atom. The number of carbonyl (C=O) groups is 2. The molecule has 2 bridgehead atoms. The number of aliphatic carboxylic acids is 1. The molecule has 4 heteroatoms. The standard InChI is InChI=1S/C11H16O4/c1-10(2,3)11-4-6(8(12)13)7(5-11)9(14)15-11/h6-7H,4-5H2,1-3H3,(H,12,13). The summed E-state index contributed by atoms with van der Waals surface area (Å²) in [4.78, 5) is 22.5. The Kier molecular flexibility index (Phi) is 1.91. The van der Waals surface area contributed by atoms with Crippen molar-refractivity contribution in [1.82, 2.24) is 0 Å². The summed E-state index contributed by atoms with van der Waals surface area (Å²) in [5.74, 6) is -2.18. The Bertz CT molecular complexity index is 328. The molecule has 2 rings (SSSR count). The van der Waals surface area contributed by atoms with Crippen LogP contribution in [-0.2, 0) is 14.3 Å². The molecule has 84 valence electrons. The molecule has 1 saturated heterocycles. The van der Waals surface area contributed by atoms with E-state index in [-0.39, 0.29) is 11.4 Å². The van der Waals surface area contributed by atoms with Gasteiger partial charge in [-0.1, -0.05) is 20.8 Å². The molecule has 1 N–H and O–H groups in total. The molecule has 0 aromatic carbocycles. The highest BCUT2D eigenvalue weighted by Gasteiger charge is 2.64. The summed E-state index contributed by atoms with van der Waals surface area (Å²) < 4.78 is 5.39. The number of esters is 1. The number of carboxylic acid groups (broad SMARTS) is 1. The van der Waals surface area contributed by atoms with Crippen LogP contribution in [0.5, 0.6) is 0 Å². The van der Waals surface area contributed by atoms with Gasteiger partial charge in [-0.05, 0) is 0 Å². The van der Waals surface area contributed by atoms with Gasteiger partial charge < -0.3 is 9.84 Å². The molecule has 0 amide bonds. The van der Waals surface area contributed by atoms with Gasteiger partial charge in [-0.15, -0.1) is 0 Å². The number of carbonyl (C=O) groups excluding carboxylic acids is 1. The van der Waals surface area contributed by atoms with E-state index in [0.717, 1.165) is 0 Å². The fraction of sp³-hybridized carbons (Fsp3) is 0.818. The Hall–Kier alpha value is -1.06. The summed E-state index contributed by atoms with van der Waals surface area (Å²) in [5, 5.41) is 9.03. The van der Waals surface area contributed by atoms with E-state index in [2.05, 4.69) is 0 Å². The minimum absolute atomic E-state index is 0.193. The van der Waals surface area contributed by atoms with Crippen molar-refractivity contribution < 1.29 is 19.4 Å². The van der Waals surface area contributed by atoms with Gasteiger partial charge >= 0.3 is 11.9 Å². The van der Waals surface area contributed by atoms with E-state index < -0.39 is 23.4 Å². The SMILES string of the molecule is CC(C)(C)C12CC(C(=O)O)C(C1)C(=O)O2. The van der Waals surface area contributed by atoms with Crippen LogP contribution < -0.4 is 0 Å². The molecular weight excluding hydrogens is 196 g/mol. The van der Waals surface area contributed by atoms with Gasteiger partial charge in [-0.2, -0.15) is 0 Å². The lowest BCUT2D eigenvalue weighted by atomic mass is 9.75. The molecule has 0 aromatic heterocycles. The van der Waals surface area contributed by atoms with Crippen LogP contribution in [0, 0.1) is 17.3 Å². The monoisotopic (exact) mass is 212 g/mol. The summed E-state index contributed by atoms with van der Waals surface area (Å²) in [6.45, 7) is 5.98. The maximum absolute atomic E-state index is 11.5. The van der Waals surface area contributed by atoms with Crippen molar-refractivity contribution in [2.75, 3.05) is 0 Å². The van der Waals surface area contributed by atoms with Gasteiger partial charge in [0.05, 0.1) is 11.8 Å². The molecule has 0 radical (unpaired) electrons. The minimum atomic E-state index is -0.872. The normalized spacial score (nSPS) is 39.3. The van der Waals surface area contributed by atoms with Crippen LogP contribution in [0.2, 0.25) is 0 Å². The van der Waals surface area contributed by atoms with E-state index in [1.54, 1.807) is 0 Å². The van der Waals surface area contributed by atoms with Crippen LogP contribution in [0.1, 0.15) is 33.6 Å². The lowest BCUT2D eigenvalue weighted by Gasteiger charge is -2.39. The molecule has 1 aliphatic heterocycles. The molecule has 2 fully saturated rings. The van der Waals surface area contributed by atoms with Crippen LogP contribution >= 0.6 is 0 Å². The van der Waals surface area contributed by atoms with Gasteiger partial charge in [-0.3, -0.25) is 9.59 Å². The molecule has 0 aromatic rings. The van der Waals surface area contributed by atoms with E-state index >= 15 is 0 Å². The highest BCUT2D eigenvalue weighted by Crippen LogP contribution is 2.56. The predicted octanol–water partition coefficient (Wildman–Crippen LogP) is 1.44. The number of rotatable bonds is 1. The van der Waals surface area contributed by atoms with Crippen LogP contribution in [-0.4, -0.2) is 22.6 Å². The molecule has 3 atom stereocenters. The van der Waals surface area contributed by atoms with Gasteiger partial charge in [0.2, 0.25) is 0 Å². The molecule has 4 nitrogen and oxygen atoms in total. The van der Waals surface area contributed by atoms with Crippen molar-refractivity contribution in [3.8, 4) is 0 Å². The van der Waals surface area contributed by atoms with Gasteiger partial charge in [0, 0.05) is 18.3 Å². The average Bonchev–Trinajstić information content (AvgIpc) is 2.57. The van der Waals surface area contributed by atoms with Crippen molar-refractivity contribution >= 4 is 11.9 Å². The highest BCUT2D eigenvalue weighted by molar-refractivity contribution is 5.85. The fourth-order valence-corrected chi connectivity index (χ4v) is 2.70. The van der Waals surface area contributed by atoms with Crippen LogP contribution in [0.4, 0.5) is 0 Å². The zero-order valence-corrected chi connectivity index (χ0v) is 9.24. The van der Waals surface area contributed by atoms with E-state index in [1.807, 2.05) is 20.8 Å². The highest BCUT2D eigenvalue weighted by atomic mass is 16.6. The summed E-state index contributed by atoms with van der Waals surface area (Å²) >= 11 is 0. The summed E-state index contributed by atoms with van der Waals surface area (Å²) in [6.07, 6.45) is 1.02. The van der Waals surface area contributed by atoms with Crippen molar-refractivity contribution in [2.24, 2.45) is 17.3 Å². The largest absolute Gasteiger partial charge is 0.481 e. The zero-order chi connectivity index (χ0) is 11.4. The number of hydrogen-bond donors (Lipinski definition) is 1. The second kappa shape index (κ2) is 2.74. The maximum atomic E-state index is 11.5. The van der Waals surface area contributed by atoms with E-state index in [1.165, 1.54) is 0 Å². The molecule has 3 unspecified atom stereocenters. The molecule has 0 spiro atoms.